The number of carbonyl (C=O) groups excluding carboxylic acids is 1. The summed E-state index contributed by atoms with van der Waals surface area (Å²) in [6.07, 6.45) is 2.27. The van der Waals surface area contributed by atoms with Gasteiger partial charge in [-0.15, -0.1) is 5.10 Å². The molecule has 4 rings (SSSR count). The van der Waals surface area contributed by atoms with E-state index in [-0.39, 0.29) is 5.91 Å². The second kappa shape index (κ2) is 6.64. The highest BCUT2D eigenvalue weighted by atomic mass is 16.5. The molecule has 2 heterocycles. The summed E-state index contributed by atoms with van der Waals surface area (Å²) in [6, 6.07) is 15.3. The predicted octanol–water partition coefficient (Wildman–Crippen LogP) is 0.749. The molecule has 7 nitrogen and oxygen atoms in total. The molecule has 7 heteroatoms. The zero-order chi connectivity index (χ0) is 17.1. The molecule has 0 unspecified atom stereocenters. The van der Waals surface area contributed by atoms with Crippen molar-refractivity contribution in [2.24, 2.45) is 4.99 Å². The number of amides is 1. The van der Waals surface area contributed by atoms with E-state index in [2.05, 4.69) is 20.5 Å². The van der Waals surface area contributed by atoms with Crippen LogP contribution < -0.4 is 15.3 Å². The van der Waals surface area contributed by atoms with Crippen LogP contribution in [0.5, 0.6) is 5.75 Å². The van der Waals surface area contributed by atoms with Crippen LogP contribution >= 0.6 is 0 Å². The number of hydrogen-bond acceptors (Lipinski definition) is 5. The second-order valence-electron chi connectivity index (χ2n) is 5.61. The van der Waals surface area contributed by atoms with Gasteiger partial charge in [-0.1, -0.05) is 30.3 Å². The molecule has 124 valence electrons. The van der Waals surface area contributed by atoms with E-state index in [0.717, 1.165) is 28.8 Å². The van der Waals surface area contributed by atoms with Crippen molar-refractivity contribution in [3.63, 3.8) is 0 Å². The van der Waals surface area contributed by atoms with Crippen LogP contribution in [0.2, 0.25) is 0 Å². The van der Waals surface area contributed by atoms with Gasteiger partial charge in [0.1, 0.15) is 5.75 Å². The Balaban J connectivity index is 1.36. The molecular weight excluding hydrogens is 318 g/mol. The lowest BCUT2D eigenvalue weighted by Gasteiger charge is -2.07. The molecule has 0 saturated heterocycles. The standard InChI is InChI=1S/C18H15N5O2/c24-17-12-14-11-15(7-8-16(14)19-17)25-10-4-9-23-18(20-21-22-23)13-5-2-1-3-6-13/h1-3,5-8,11-12H,4,9-10H2. The van der Waals surface area contributed by atoms with Crippen LogP contribution in [0.15, 0.2) is 53.5 Å². The summed E-state index contributed by atoms with van der Waals surface area (Å²) in [5, 5.41) is 13.4. The number of tetrazole rings is 1. The van der Waals surface area contributed by atoms with E-state index in [0.29, 0.717) is 18.5 Å². The van der Waals surface area contributed by atoms with Crippen molar-refractivity contribution in [2.45, 2.75) is 13.0 Å². The van der Waals surface area contributed by atoms with Gasteiger partial charge in [0.15, 0.2) is 5.82 Å². The van der Waals surface area contributed by atoms with E-state index >= 15 is 0 Å². The predicted molar refractivity (Wildman–Crippen MR) is 90.1 cm³/mol. The lowest BCUT2D eigenvalue weighted by atomic mass is 10.2. The second-order valence-corrected chi connectivity index (χ2v) is 5.61. The molecule has 0 saturated carbocycles. The van der Waals surface area contributed by atoms with Crippen molar-refractivity contribution >= 4 is 12.0 Å². The van der Waals surface area contributed by atoms with Crippen molar-refractivity contribution in [1.82, 2.24) is 20.2 Å². The molecule has 1 aromatic heterocycles. The molecule has 0 radical (unpaired) electrons. The number of carbonyl (C=O) groups is 1. The maximum Gasteiger partial charge on any atom is 0.270 e. The Morgan fingerprint density at radius 2 is 1.96 bits per heavy atom. The smallest absolute Gasteiger partial charge is 0.270 e. The molecule has 0 fully saturated rings. The van der Waals surface area contributed by atoms with Gasteiger partial charge >= 0.3 is 0 Å². The van der Waals surface area contributed by atoms with Crippen LogP contribution in [0.1, 0.15) is 6.42 Å². The quantitative estimate of drug-likeness (QED) is 0.622. The molecule has 0 spiro atoms. The minimum absolute atomic E-state index is 0.223. The zero-order valence-corrected chi connectivity index (χ0v) is 13.4. The summed E-state index contributed by atoms with van der Waals surface area (Å²) < 4.78 is 7.53. The maximum absolute atomic E-state index is 11.3. The third-order valence-corrected chi connectivity index (χ3v) is 3.86. The third-order valence-electron chi connectivity index (χ3n) is 3.86. The Labute approximate surface area is 143 Å². The number of fused-ring (bicyclic) bond motifs is 1. The van der Waals surface area contributed by atoms with Gasteiger partial charge in [0.05, 0.1) is 12.0 Å². The average Bonchev–Trinajstić information content (AvgIpc) is 3.24. The van der Waals surface area contributed by atoms with Gasteiger partial charge in [0, 0.05) is 29.8 Å². The highest BCUT2D eigenvalue weighted by Gasteiger charge is 2.08. The molecule has 0 bridgehead atoms. The number of ether oxygens (including phenoxy) is 1. The highest BCUT2D eigenvalue weighted by Crippen LogP contribution is 2.15. The number of rotatable bonds is 6. The van der Waals surface area contributed by atoms with Gasteiger partial charge in [0.2, 0.25) is 0 Å². The van der Waals surface area contributed by atoms with Crippen molar-refractivity contribution in [2.75, 3.05) is 6.61 Å². The Morgan fingerprint density at radius 3 is 2.84 bits per heavy atom. The fourth-order valence-electron chi connectivity index (χ4n) is 2.68. The Kier molecular flexibility index (Phi) is 4.04. The zero-order valence-electron chi connectivity index (χ0n) is 13.4. The summed E-state index contributed by atoms with van der Waals surface area (Å²) in [5.74, 6) is 1.24. The van der Waals surface area contributed by atoms with Crippen LogP contribution in [-0.4, -0.2) is 32.7 Å². The summed E-state index contributed by atoms with van der Waals surface area (Å²) in [4.78, 5) is 15.2. The van der Waals surface area contributed by atoms with Crippen LogP contribution in [0.4, 0.5) is 0 Å². The van der Waals surface area contributed by atoms with Gasteiger partial charge in [-0.2, -0.15) is 0 Å². The minimum atomic E-state index is -0.223. The van der Waals surface area contributed by atoms with Crippen LogP contribution in [0.25, 0.3) is 17.5 Å². The molecule has 1 aliphatic rings. The van der Waals surface area contributed by atoms with E-state index in [1.165, 1.54) is 6.08 Å². The summed E-state index contributed by atoms with van der Waals surface area (Å²) in [5.41, 5.74) is 0.982. The number of aryl methyl sites for hydroxylation is 1. The molecule has 3 aromatic rings. The summed E-state index contributed by atoms with van der Waals surface area (Å²) >= 11 is 0. The molecule has 0 aliphatic carbocycles. The van der Waals surface area contributed by atoms with Crippen molar-refractivity contribution in [3.05, 3.63) is 59.1 Å². The van der Waals surface area contributed by atoms with Gasteiger partial charge in [-0.3, -0.25) is 4.79 Å². The number of hydrogen-bond donors (Lipinski definition) is 0. The first-order chi connectivity index (χ1) is 12.3. The largest absolute Gasteiger partial charge is 0.494 e. The van der Waals surface area contributed by atoms with Gasteiger partial charge in [0.25, 0.3) is 5.91 Å². The molecule has 25 heavy (non-hydrogen) atoms. The summed E-state index contributed by atoms with van der Waals surface area (Å²) in [7, 11) is 0. The van der Waals surface area contributed by atoms with Crippen molar-refractivity contribution < 1.29 is 9.53 Å². The highest BCUT2D eigenvalue weighted by molar-refractivity contribution is 6.06. The first kappa shape index (κ1) is 15.2. The fraction of sp³-hybridized carbons (Fsp3) is 0.167. The number of aromatic nitrogens is 4. The average molecular weight is 333 g/mol. The minimum Gasteiger partial charge on any atom is -0.494 e. The van der Waals surface area contributed by atoms with Gasteiger partial charge in [-0.25, -0.2) is 9.67 Å². The van der Waals surface area contributed by atoms with Crippen molar-refractivity contribution in [3.8, 4) is 17.1 Å². The van der Waals surface area contributed by atoms with E-state index in [9.17, 15) is 4.79 Å². The molecule has 1 aliphatic heterocycles. The topological polar surface area (TPSA) is 82.3 Å². The lowest BCUT2D eigenvalue weighted by Crippen LogP contribution is -2.21. The Morgan fingerprint density at radius 1 is 1.08 bits per heavy atom. The first-order valence-corrected chi connectivity index (χ1v) is 7.98. The third kappa shape index (κ3) is 3.30. The van der Waals surface area contributed by atoms with Crippen molar-refractivity contribution in [1.29, 1.82) is 0 Å². The normalized spacial score (nSPS) is 12.4. The molecule has 0 atom stereocenters. The monoisotopic (exact) mass is 333 g/mol. The van der Waals surface area contributed by atoms with Crippen LogP contribution in [-0.2, 0) is 11.3 Å². The van der Waals surface area contributed by atoms with Crippen LogP contribution in [0.3, 0.4) is 0 Å². The Bertz CT molecular complexity index is 1030. The van der Waals surface area contributed by atoms with E-state index in [1.54, 1.807) is 10.7 Å². The lowest BCUT2D eigenvalue weighted by molar-refractivity contribution is -0.112. The number of nitrogens with zero attached hydrogens (tertiary/aromatic N) is 5. The van der Waals surface area contributed by atoms with Crippen LogP contribution in [0, 0.1) is 0 Å². The van der Waals surface area contributed by atoms with Gasteiger partial charge in [-0.05, 0) is 28.6 Å². The molecule has 2 aromatic carbocycles. The molecule has 0 N–H and O–H groups in total. The Hall–Kier alpha value is -3.35. The van der Waals surface area contributed by atoms with E-state index < -0.39 is 0 Å². The van der Waals surface area contributed by atoms with E-state index in [4.69, 9.17) is 4.74 Å². The number of benzene rings is 2. The van der Waals surface area contributed by atoms with Gasteiger partial charge < -0.3 is 4.74 Å². The maximum atomic E-state index is 11.3. The molecule has 1 amide bonds. The fourth-order valence-corrected chi connectivity index (χ4v) is 2.68. The van der Waals surface area contributed by atoms with E-state index in [1.807, 2.05) is 42.5 Å². The first-order valence-electron chi connectivity index (χ1n) is 7.98. The molecular formula is C18H15N5O2. The SMILES string of the molecule is O=C1C=c2cc(OCCCn3nnnc3-c3ccccc3)ccc2=N1. The summed E-state index contributed by atoms with van der Waals surface area (Å²) in [6.45, 7) is 1.18.